The Labute approximate surface area is 154 Å². The second-order valence-corrected chi connectivity index (χ2v) is 7.38. The Hall–Kier alpha value is -1.05. The number of aliphatic imine (C=N–C) groups is 1. The molecule has 0 aromatic heterocycles. The minimum atomic E-state index is -0.237. The molecule has 0 aliphatic carbocycles. The minimum absolute atomic E-state index is 0.170. The zero-order valence-corrected chi connectivity index (χ0v) is 15.2. The third kappa shape index (κ3) is 4.13. The van der Waals surface area contributed by atoms with Crippen molar-refractivity contribution in [1.82, 2.24) is 9.80 Å². The van der Waals surface area contributed by atoms with Gasteiger partial charge in [0.25, 0.3) is 5.91 Å². The van der Waals surface area contributed by atoms with E-state index in [-0.39, 0.29) is 12.5 Å². The molecule has 24 heavy (non-hydrogen) atoms. The van der Waals surface area contributed by atoms with Gasteiger partial charge in [0.05, 0.1) is 11.5 Å². The largest absolute Gasteiger partial charge is 0.395 e. The number of amidine groups is 1. The highest BCUT2D eigenvalue weighted by atomic mass is 35.5. The van der Waals surface area contributed by atoms with Crippen molar-refractivity contribution in [3.05, 3.63) is 38.7 Å². The number of halogens is 2. The molecule has 0 unspecified atom stereocenters. The summed E-state index contributed by atoms with van der Waals surface area (Å²) in [6.07, 6.45) is 1.75. The fourth-order valence-electron chi connectivity index (χ4n) is 2.60. The van der Waals surface area contributed by atoms with E-state index in [4.69, 9.17) is 28.3 Å². The molecule has 0 saturated carbocycles. The number of β-amino-alcohol motifs (C(OH)–C–C–N with tert-alkyl or cyclic N) is 1. The maximum absolute atomic E-state index is 12.2. The number of amides is 1. The first-order chi connectivity index (χ1) is 11.6. The molecule has 1 aromatic carbocycles. The van der Waals surface area contributed by atoms with E-state index < -0.39 is 0 Å². The Morgan fingerprint density at radius 3 is 2.67 bits per heavy atom. The molecule has 5 nitrogen and oxygen atoms in total. The van der Waals surface area contributed by atoms with Gasteiger partial charge in [-0.1, -0.05) is 29.3 Å². The van der Waals surface area contributed by atoms with Crippen LogP contribution in [0.5, 0.6) is 0 Å². The lowest BCUT2D eigenvalue weighted by Gasteiger charge is -2.34. The van der Waals surface area contributed by atoms with Gasteiger partial charge in [0.15, 0.2) is 5.17 Å². The lowest BCUT2D eigenvalue weighted by molar-refractivity contribution is -0.113. The summed E-state index contributed by atoms with van der Waals surface area (Å²) in [5.41, 5.74) is 0.751. The molecule has 1 aromatic rings. The van der Waals surface area contributed by atoms with Gasteiger partial charge in [-0.05, 0) is 35.5 Å². The van der Waals surface area contributed by atoms with Gasteiger partial charge in [-0.25, -0.2) is 0 Å². The smallest absolute Gasteiger partial charge is 0.286 e. The Morgan fingerprint density at radius 2 is 2.00 bits per heavy atom. The molecule has 0 atom stereocenters. The van der Waals surface area contributed by atoms with Crippen LogP contribution in [0.25, 0.3) is 6.08 Å². The van der Waals surface area contributed by atoms with E-state index in [1.54, 1.807) is 24.3 Å². The average Bonchev–Trinajstić information content (AvgIpc) is 2.92. The van der Waals surface area contributed by atoms with E-state index in [1.165, 1.54) is 11.8 Å². The van der Waals surface area contributed by atoms with Crippen molar-refractivity contribution >= 4 is 52.1 Å². The Balaban J connectivity index is 1.67. The van der Waals surface area contributed by atoms with E-state index >= 15 is 0 Å². The van der Waals surface area contributed by atoms with Crippen molar-refractivity contribution in [3.63, 3.8) is 0 Å². The monoisotopic (exact) mass is 385 g/mol. The van der Waals surface area contributed by atoms with E-state index in [2.05, 4.69) is 14.8 Å². The van der Waals surface area contributed by atoms with Crippen LogP contribution in [0.2, 0.25) is 10.0 Å². The zero-order chi connectivity index (χ0) is 17.1. The summed E-state index contributed by atoms with van der Waals surface area (Å²) in [6, 6.07) is 5.19. The summed E-state index contributed by atoms with van der Waals surface area (Å²) in [7, 11) is 0. The number of hydrogen-bond donors (Lipinski definition) is 1. The molecule has 1 fully saturated rings. The summed E-state index contributed by atoms with van der Waals surface area (Å²) < 4.78 is 0. The fraction of sp³-hybridized carbons (Fsp3) is 0.375. The number of aliphatic hydroxyl groups excluding tert-OH is 1. The average molecular weight is 386 g/mol. The van der Waals surface area contributed by atoms with Crippen molar-refractivity contribution in [2.24, 2.45) is 4.99 Å². The first-order valence-corrected chi connectivity index (χ1v) is 9.20. The molecule has 0 bridgehead atoms. The van der Waals surface area contributed by atoms with Gasteiger partial charge in [0.2, 0.25) is 0 Å². The number of carbonyl (C=O) groups is 1. The number of rotatable bonds is 3. The Morgan fingerprint density at radius 1 is 1.25 bits per heavy atom. The number of piperazine rings is 1. The maximum Gasteiger partial charge on any atom is 0.286 e. The summed E-state index contributed by atoms with van der Waals surface area (Å²) in [5, 5.41) is 10.8. The van der Waals surface area contributed by atoms with Crippen molar-refractivity contribution in [3.8, 4) is 0 Å². The Kier molecular flexibility index (Phi) is 5.84. The van der Waals surface area contributed by atoms with Crippen LogP contribution in [0, 0.1) is 0 Å². The second kappa shape index (κ2) is 7.89. The normalized spacial score (nSPS) is 20.8. The standard InChI is InChI=1S/C16H17Cl2N3O2S/c17-12-2-1-11(13(18)10-12)9-14-15(23)19-16(24-14)21-5-3-20(4-6-21)7-8-22/h1-2,9-10,22H,3-8H2/b14-9-. The van der Waals surface area contributed by atoms with Crippen LogP contribution < -0.4 is 0 Å². The molecule has 8 heteroatoms. The molecule has 0 radical (unpaired) electrons. The molecular weight excluding hydrogens is 369 g/mol. The quantitative estimate of drug-likeness (QED) is 0.810. The first kappa shape index (κ1) is 17.8. The number of thioether (sulfide) groups is 1. The van der Waals surface area contributed by atoms with Crippen LogP contribution in [0.4, 0.5) is 0 Å². The first-order valence-electron chi connectivity index (χ1n) is 7.62. The van der Waals surface area contributed by atoms with Crippen LogP contribution in [0.1, 0.15) is 5.56 Å². The minimum Gasteiger partial charge on any atom is -0.395 e. The van der Waals surface area contributed by atoms with Crippen LogP contribution in [-0.4, -0.2) is 65.3 Å². The molecule has 2 aliphatic heterocycles. The molecule has 2 aliphatic rings. The van der Waals surface area contributed by atoms with Crippen molar-refractivity contribution in [2.75, 3.05) is 39.3 Å². The van der Waals surface area contributed by atoms with Crippen LogP contribution in [0.15, 0.2) is 28.1 Å². The molecule has 1 amide bonds. The maximum atomic E-state index is 12.2. The topological polar surface area (TPSA) is 56.1 Å². The van der Waals surface area contributed by atoms with Crippen molar-refractivity contribution in [2.45, 2.75) is 0 Å². The summed E-state index contributed by atoms with van der Waals surface area (Å²) in [6.45, 7) is 4.17. The highest BCUT2D eigenvalue weighted by Crippen LogP contribution is 2.32. The van der Waals surface area contributed by atoms with Gasteiger partial charge in [0, 0.05) is 42.8 Å². The SMILES string of the molecule is O=C1N=C(N2CCN(CCO)CC2)S/C1=C\c1ccc(Cl)cc1Cl. The Bertz CT molecular complexity index is 701. The number of carbonyl (C=O) groups excluding carboxylic acids is 1. The van der Waals surface area contributed by atoms with E-state index in [9.17, 15) is 4.79 Å². The molecule has 2 heterocycles. The lowest BCUT2D eigenvalue weighted by Crippen LogP contribution is -2.48. The summed E-state index contributed by atoms with van der Waals surface area (Å²) >= 11 is 13.4. The van der Waals surface area contributed by atoms with Gasteiger partial charge >= 0.3 is 0 Å². The third-order valence-corrected chi connectivity index (χ3v) is 5.52. The molecule has 1 saturated heterocycles. The number of hydrogen-bond acceptors (Lipinski definition) is 5. The molecule has 3 rings (SSSR count). The predicted octanol–water partition coefficient (Wildman–Crippen LogP) is 2.57. The van der Waals surface area contributed by atoms with Gasteiger partial charge < -0.3 is 10.0 Å². The van der Waals surface area contributed by atoms with Crippen LogP contribution in [0.3, 0.4) is 0 Å². The van der Waals surface area contributed by atoms with Crippen LogP contribution >= 0.6 is 35.0 Å². The van der Waals surface area contributed by atoms with Crippen molar-refractivity contribution in [1.29, 1.82) is 0 Å². The highest BCUT2D eigenvalue weighted by Gasteiger charge is 2.28. The third-order valence-electron chi connectivity index (χ3n) is 3.92. The van der Waals surface area contributed by atoms with Crippen molar-refractivity contribution < 1.29 is 9.90 Å². The molecule has 0 spiro atoms. The van der Waals surface area contributed by atoms with E-state index in [0.717, 1.165) is 36.9 Å². The molecule has 1 N–H and O–H groups in total. The number of aliphatic hydroxyl groups is 1. The summed E-state index contributed by atoms with van der Waals surface area (Å²) in [4.78, 5) is 21.2. The van der Waals surface area contributed by atoms with Crippen LogP contribution in [-0.2, 0) is 4.79 Å². The number of nitrogens with zero attached hydrogens (tertiary/aromatic N) is 3. The van der Waals surface area contributed by atoms with E-state index in [0.29, 0.717) is 21.5 Å². The van der Waals surface area contributed by atoms with Gasteiger partial charge in [-0.3, -0.25) is 9.69 Å². The fourth-order valence-corrected chi connectivity index (χ4v) is 4.02. The lowest BCUT2D eigenvalue weighted by atomic mass is 10.2. The summed E-state index contributed by atoms with van der Waals surface area (Å²) in [5.74, 6) is -0.237. The second-order valence-electron chi connectivity index (χ2n) is 5.53. The predicted molar refractivity (Wildman–Crippen MR) is 99.6 cm³/mol. The molecular formula is C16H17Cl2N3O2S. The molecule has 128 valence electrons. The highest BCUT2D eigenvalue weighted by molar-refractivity contribution is 8.18. The number of benzene rings is 1. The zero-order valence-electron chi connectivity index (χ0n) is 12.9. The van der Waals surface area contributed by atoms with Gasteiger partial charge in [-0.2, -0.15) is 4.99 Å². The van der Waals surface area contributed by atoms with E-state index in [1.807, 2.05) is 0 Å². The van der Waals surface area contributed by atoms with Gasteiger partial charge in [-0.15, -0.1) is 0 Å². The van der Waals surface area contributed by atoms with Gasteiger partial charge in [0.1, 0.15) is 0 Å².